The Kier molecular flexibility index (Phi) is 6.73. The highest BCUT2D eigenvalue weighted by molar-refractivity contribution is 7.98. The molecule has 0 aliphatic heterocycles. The lowest BCUT2D eigenvalue weighted by molar-refractivity contribution is -0.121. The molecule has 152 valence electrons. The molecule has 0 aromatic carbocycles. The first-order valence-corrected chi connectivity index (χ1v) is 12.6. The molecular weight excluding hydrogens is 390 g/mol. The molecule has 1 fully saturated rings. The summed E-state index contributed by atoms with van der Waals surface area (Å²) < 4.78 is 0. The number of nitrogens with zero attached hydrogens (tertiary/aromatic N) is 1. The molecule has 4 rings (SSSR count). The van der Waals surface area contributed by atoms with Crippen LogP contribution in [-0.2, 0) is 23.4 Å². The van der Waals surface area contributed by atoms with Gasteiger partial charge in [0, 0.05) is 23.1 Å². The maximum atomic E-state index is 12.6. The molecule has 2 aromatic heterocycles. The molecule has 2 aliphatic rings. The first-order valence-electron chi connectivity index (χ1n) is 10.6. The summed E-state index contributed by atoms with van der Waals surface area (Å²) in [6, 6.07) is 0.366. The van der Waals surface area contributed by atoms with Crippen LogP contribution >= 0.6 is 23.1 Å². The lowest BCUT2D eigenvalue weighted by atomic mass is 9.97. The highest BCUT2D eigenvalue weighted by Gasteiger charge is 2.20. The summed E-state index contributed by atoms with van der Waals surface area (Å²) in [5, 5.41) is 4.01. The van der Waals surface area contributed by atoms with Crippen LogP contribution in [0.3, 0.4) is 0 Å². The van der Waals surface area contributed by atoms with Crippen molar-refractivity contribution in [2.45, 2.75) is 82.4 Å². The first kappa shape index (κ1) is 20.0. The number of carbonyl (C=O) groups is 1. The number of H-pyrrole nitrogens is 1. The summed E-state index contributed by atoms with van der Waals surface area (Å²) >= 11 is 3.35. The third-order valence-corrected chi connectivity index (χ3v) is 7.96. The van der Waals surface area contributed by atoms with Crippen molar-refractivity contribution in [3.63, 3.8) is 0 Å². The summed E-state index contributed by atoms with van der Waals surface area (Å²) in [7, 11) is 0. The number of nitrogens with one attached hydrogen (secondary N) is 2. The summed E-state index contributed by atoms with van der Waals surface area (Å²) in [6.45, 7) is 0. The number of aromatic nitrogens is 2. The number of aromatic amines is 1. The zero-order valence-corrected chi connectivity index (χ0v) is 18.0. The lowest BCUT2D eigenvalue weighted by Gasteiger charge is -2.16. The van der Waals surface area contributed by atoms with E-state index in [4.69, 9.17) is 4.98 Å². The summed E-state index contributed by atoms with van der Waals surface area (Å²) in [5.41, 5.74) is 1.24. The second kappa shape index (κ2) is 9.44. The van der Waals surface area contributed by atoms with Gasteiger partial charge in [0.25, 0.3) is 5.56 Å². The predicted octanol–water partition coefficient (Wildman–Crippen LogP) is 4.33. The number of fused-ring (bicyclic) bond motifs is 3. The van der Waals surface area contributed by atoms with E-state index in [9.17, 15) is 9.59 Å². The van der Waals surface area contributed by atoms with Crippen LogP contribution in [0.25, 0.3) is 10.2 Å². The molecule has 1 amide bonds. The molecule has 2 aliphatic carbocycles. The molecular formula is C21H29N3O2S2. The Hall–Kier alpha value is -1.34. The Bertz CT molecular complexity index is 882. The van der Waals surface area contributed by atoms with Gasteiger partial charge in [-0.15, -0.1) is 11.3 Å². The highest BCUT2D eigenvalue weighted by Crippen LogP contribution is 2.33. The zero-order chi connectivity index (χ0) is 19.3. The lowest BCUT2D eigenvalue weighted by Crippen LogP contribution is -2.34. The van der Waals surface area contributed by atoms with Crippen LogP contribution in [0.5, 0.6) is 0 Å². The maximum absolute atomic E-state index is 12.6. The van der Waals surface area contributed by atoms with Crippen molar-refractivity contribution in [2.24, 2.45) is 0 Å². The van der Waals surface area contributed by atoms with Gasteiger partial charge in [0.1, 0.15) is 10.7 Å². The van der Waals surface area contributed by atoms with E-state index in [1.807, 2.05) is 0 Å². The van der Waals surface area contributed by atoms with Crippen LogP contribution in [0.15, 0.2) is 4.79 Å². The minimum absolute atomic E-state index is 0.00565. The molecule has 28 heavy (non-hydrogen) atoms. The number of carbonyl (C=O) groups excluding carboxylic acids is 1. The Morgan fingerprint density at radius 2 is 1.93 bits per heavy atom. The monoisotopic (exact) mass is 419 g/mol. The Morgan fingerprint density at radius 3 is 2.75 bits per heavy atom. The summed E-state index contributed by atoms with van der Waals surface area (Å²) in [5.74, 6) is 2.28. The fourth-order valence-corrected chi connectivity index (χ4v) is 6.42. The van der Waals surface area contributed by atoms with Gasteiger partial charge in [0.15, 0.2) is 0 Å². The van der Waals surface area contributed by atoms with Crippen molar-refractivity contribution in [2.75, 3.05) is 5.75 Å². The van der Waals surface area contributed by atoms with Crippen molar-refractivity contribution in [1.29, 1.82) is 0 Å². The van der Waals surface area contributed by atoms with E-state index in [2.05, 4.69) is 10.3 Å². The molecule has 5 nitrogen and oxygen atoms in total. The van der Waals surface area contributed by atoms with E-state index < -0.39 is 0 Å². The van der Waals surface area contributed by atoms with E-state index in [1.165, 1.54) is 49.0 Å². The predicted molar refractivity (Wildman–Crippen MR) is 117 cm³/mol. The van der Waals surface area contributed by atoms with Gasteiger partial charge in [0.05, 0.1) is 11.1 Å². The number of hydrogen-bond acceptors (Lipinski definition) is 5. The fraction of sp³-hybridized carbons (Fsp3) is 0.667. The largest absolute Gasteiger partial charge is 0.353 e. The third kappa shape index (κ3) is 4.79. The SMILES string of the molecule is O=C(CCSCc1nc2sc3c(c2c(=O)[nH]1)CCCC3)NC1CCCCCC1. The average Bonchev–Trinajstić information content (AvgIpc) is 2.87. The number of thiophene rings is 1. The van der Waals surface area contributed by atoms with Crippen LogP contribution in [0, 0.1) is 0 Å². The van der Waals surface area contributed by atoms with Crippen LogP contribution in [-0.4, -0.2) is 27.7 Å². The average molecular weight is 420 g/mol. The standard InChI is InChI=1S/C21H29N3O2S2/c25-18(22-14-7-3-1-2-4-8-14)11-12-27-13-17-23-20(26)19-15-9-5-6-10-16(15)28-21(19)24-17/h14H,1-13H2,(H,22,25)(H,23,24,26). The van der Waals surface area contributed by atoms with Gasteiger partial charge in [-0.1, -0.05) is 25.7 Å². The van der Waals surface area contributed by atoms with E-state index in [0.29, 0.717) is 18.2 Å². The molecule has 2 aromatic rings. The molecule has 1 saturated carbocycles. The minimum atomic E-state index is 0.00565. The van der Waals surface area contributed by atoms with Gasteiger partial charge < -0.3 is 10.3 Å². The summed E-state index contributed by atoms with van der Waals surface area (Å²) in [6.07, 6.45) is 12.3. The molecule has 2 N–H and O–H groups in total. The fourth-order valence-electron chi connectivity index (χ4n) is 4.33. The number of amides is 1. The topological polar surface area (TPSA) is 74.8 Å². The quantitative estimate of drug-likeness (QED) is 0.540. The number of thioether (sulfide) groups is 1. The molecule has 0 saturated heterocycles. The van der Waals surface area contributed by atoms with Crippen molar-refractivity contribution >= 4 is 39.2 Å². The van der Waals surface area contributed by atoms with Crippen molar-refractivity contribution < 1.29 is 4.79 Å². The van der Waals surface area contributed by atoms with Crippen molar-refractivity contribution in [1.82, 2.24) is 15.3 Å². The molecule has 0 unspecified atom stereocenters. The Labute approximate surface area is 174 Å². The van der Waals surface area contributed by atoms with Gasteiger partial charge in [0.2, 0.25) is 5.91 Å². The van der Waals surface area contributed by atoms with E-state index in [0.717, 1.165) is 47.5 Å². The van der Waals surface area contributed by atoms with Gasteiger partial charge >= 0.3 is 0 Å². The van der Waals surface area contributed by atoms with Crippen LogP contribution in [0.2, 0.25) is 0 Å². The van der Waals surface area contributed by atoms with Crippen LogP contribution < -0.4 is 10.9 Å². The number of hydrogen-bond donors (Lipinski definition) is 2. The normalized spacial score (nSPS) is 18.0. The number of aryl methyl sites for hydroxylation is 2. The zero-order valence-electron chi connectivity index (χ0n) is 16.3. The Balaban J connectivity index is 1.28. The Morgan fingerprint density at radius 1 is 1.14 bits per heavy atom. The van der Waals surface area contributed by atoms with Gasteiger partial charge in [-0.05, 0) is 44.1 Å². The van der Waals surface area contributed by atoms with Gasteiger partial charge in [-0.3, -0.25) is 9.59 Å². The molecule has 0 spiro atoms. The van der Waals surface area contributed by atoms with Gasteiger partial charge in [-0.2, -0.15) is 11.8 Å². The van der Waals surface area contributed by atoms with Crippen molar-refractivity contribution in [3.05, 3.63) is 26.6 Å². The molecule has 0 atom stereocenters. The summed E-state index contributed by atoms with van der Waals surface area (Å²) in [4.78, 5) is 34.6. The van der Waals surface area contributed by atoms with Crippen LogP contribution in [0.1, 0.15) is 74.1 Å². The molecule has 0 radical (unpaired) electrons. The maximum Gasteiger partial charge on any atom is 0.259 e. The molecule has 7 heteroatoms. The van der Waals surface area contributed by atoms with Gasteiger partial charge in [-0.25, -0.2) is 4.98 Å². The minimum Gasteiger partial charge on any atom is -0.353 e. The third-order valence-electron chi connectivity index (χ3n) is 5.81. The molecule has 0 bridgehead atoms. The van der Waals surface area contributed by atoms with E-state index in [1.54, 1.807) is 23.1 Å². The van der Waals surface area contributed by atoms with Crippen molar-refractivity contribution in [3.8, 4) is 0 Å². The smallest absolute Gasteiger partial charge is 0.259 e. The molecule has 2 heterocycles. The van der Waals surface area contributed by atoms with E-state index in [-0.39, 0.29) is 11.5 Å². The number of rotatable bonds is 6. The second-order valence-corrected chi connectivity index (χ2v) is 10.2. The van der Waals surface area contributed by atoms with Crippen LogP contribution in [0.4, 0.5) is 0 Å². The highest BCUT2D eigenvalue weighted by atomic mass is 32.2. The second-order valence-electron chi connectivity index (χ2n) is 7.96. The first-order chi connectivity index (χ1) is 13.7. The van der Waals surface area contributed by atoms with E-state index >= 15 is 0 Å².